The molecule has 120 valence electrons. The second kappa shape index (κ2) is 5.64. The molecule has 3 aromatic rings. The minimum atomic E-state index is -0.109. The van der Waals surface area contributed by atoms with Crippen LogP contribution in [0.25, 0.3) is 10.9 Å². The van der Waals surface area contributed by atoms with Gasteiger partial charge in [-0.2, -0.15) is 0 Å². The first kappa shape index (κ1) is 15.2. The summed E-state index contributed by atoms with van der Waals surface area (Å²) in [5, 5.41) is 1.86. The molecule has 0 spiro atoms. The fraction of sp³-hybridized carbons (Fsp3) is 0.190. The number of aromatic nitrogens is 1. The van der Waals surface area contributed by atoms with Crippen LogP contribution in [0.4, 0.5) is 0 Å². The number of carbonyl (C=O) groups excluding carboxylic acids is 1. The van der Waals surface area contributed by atoms with Crippen LogP contribution < -0.4 is 0 Å². The van der Waals surface area contributed by atoms with Gasteiger partial charge < -0.3 is 0 Å². The third kappa shape index (κ3) is 2.14. The van der Waals surface area contributed by atoms with Crippen LogP contribution in [0.3, 0.4) is 0 Å². The standard InChI is InChI=1S/C21H18ClNO/c1-3-16-18(12-14-8-10-15(22)11-9-14)21(24)23-19-7-5-4-6-17(19)13(2)20(16)23/h3-11,16,18H,1,12H2,2H3/t16-,18-/m0/s1. The number of hydrogen-bond acceptors (Lipinski definition) is 1. The van der Waals surface area contributed by atoms with E-state index < -0.39 is 0 Å². The summed E-state index contributed by atoms with van der Waals surface area (Å²) in [5.41, 5.74) is 4.40. The van der Waals surface area contributed by atoms with Crippen LogP contribution in [-0.4, -0.2) is 10.5 Å². The molecule has 2 atom stereocenters. The van der Waals surface area contributed by atoms with Crippen LogP contribution in [0.2, 0.25) is 5.02 Å². The number of para-hydroxylation sites is 1. The molecule has 0 fully saturated rings. The largest absolute Gasteiger partial charge is 0.283 e. The van der Waals surface area contributed by atoms with E-state index in [1.807, 2.05) is 53.1 Å². The van der Waals surface area contributed by atoms with Crippen LogP contribution in [0.5, 0.6) is 0 Å². The van der Waals surface area contributed by atoms with Crippen molar-refractivity contribution in [2.45, 2.75) is 19.3 Å². The average molecular weight is 336 g/mol. The van der Waals surface area contributed by atoms with Crippen molar-refractivity contribution in [3.8, 4) is 0 Å². The molecule has 0 bridgehead atoms. The van der Waals surface area contributed by atoms with Crippen LogP contribution in [0.15, 0.2) is 61.2 Å². The molecular weight excluding hydrogens is 318 g/mol. The molecule has 1 aliphatic heterocycles. The van der Waals surface area contributed by atoms with Gasteiger partial charge in [-0.25, -0.2) is 0 Å². The van der Waals surface area contributed by atoms with Crippen molar-refractivity contribution >= 4 is 28.4 Å². The molecule has 0 aliphatic carbocycles. The molecule has 0 N–H and O–H groups in total. The maximum atomic E-state index is 13.2. The van der Waals surface area contributed by atoms with Gasteiger partial charge in [-0.1, -0.05) is 48.0 Å². The van der Waals surface area contributed by atoms with Crippen molar-refractivity contribution < 1.29 is 4.79 Å². The number of allylic oxidation sites excluding steroid dienone is 1. The van der Waals surface area contributed by atoms with Crippen LogP contribution in [0.1, 0.15) is 27.5 Å². The van der Waals surface area contributed by atoms with Gasteiger partial charge in [0.15, 0.2) is 0 Å². The van der Waals surface area contributed by atoms with Crippen molar-refractivity contribution in [3.05, 3.63) is 83.0 Å². The van der Waals surface area contributed by atoms with Crippen LogP contribution in [-0.2, 0) is 6.42 Å². The predicted molar refractivity (Wildman–Crippen MR) is 98.9 cm³/mol. The third-order valence-corrected chi connectivity index (χ3v) is 5.34. The van der Waals surface area contributed by atoms with Gasteiger partial charge in [-0.15, -0.1) is 6.58 Å². The lowest BCUT2D eigenvalue weighted by atomic mass is 9.85. The van der Waals surface area contributed by atoms with E-state index in [1.165, 1.54) is 5.56 Å². The summed E-state index contributed by atoms with van der Waals surface area (Å²) in [6, 6.07) is 15.8. The van der Waals surface area contributed by atoms with Crippen molar-refractivity contribution in [2.24, 2.45) is 5.92 Å². The van der Waals surface area contributed by atoms with Crippen molar-refractivity contribution in [3.63, 3.8) is 0 Å². The van der Waals surface area contributed by atoms with Gasteiger partial charge in [-0.05, 0) is 42.7 Å². The molecule has 4 rings (SSSR count). The maximum absolute atomic E-state index is 13.2. The Morgan fingerprint density at radius 2 is 1.88 bits per heavy atom. The van der Waals surface area contributed by atoms with E-state index in [1.54, 1.807) is 0 Å². The third-order valence-electron chi connectivity index (χ3n) is 5.08. The summed E-state index contributed by atoms with van der Waals surface area (Å²) in [6.45, 7) is 6.11. The Bertz CT molecular complexity index is 952. The number of rotatable bonds is 3. The number of fused-ring (bicyclic) bond motifs is 3. The molecule has 2 aromatic carbocycles. The zero-order valence-corrected chi connectivity index (χ0v) is 14.3. The molecule has 3 heteroatoms. The SMILES string of the molecule is C=C[C@@H]1c2c(C)c3ccccc3n2C(=O)[C@H]1Cc1ccc(Cl)cc1. The molecule has 0 saturated heterocycles. The number of carbonyl (C=O) groups is 1. The zero-order valence-electron chi connectivity index (χ0n) is 13.5. The molecule has 0 radical (unpaired) electrons. The highest BCUT2D eigenvalue weighted by Gasteiger charge is 2.40. The number of aryl methyl sites for hydroxylation is 1. The van der Waals surface area contributed by atoms with Crippen LogP contribution >= 0.6 is 11.6 Å². The smallest absolute Gasteiger partial charge is 0.235 e. The summed E-state index contributed by atoms with van der Waals surface area (Å²) in [7, 11) is 0. The minimum absolute atomic E-state index is 0.0422. The molecular formula is C21H18ClNO. The Morgan fingerprint density at radius 1 is 1.17 bits per heavy atom. The highest BCUT2D eigenvalue weighted by molar-refractivity contribution is 6.30. The average Bonchev–Trinajstić information content (AvgIpc) is 3.04. The molecule has 2 heterocycles. The van der Waals surface area contributed by atoms with E-state index in [2.05, 4.69) is 19.6 Å². The summed E-state index contributed by atoms with van der Waals surface area (Å²) in [5.74, 6) is 0.0942. The first-order chi connectivity index (χ1) is 11.6. The molecule has 0 unspecified atom stereocenters. The number of hydrogen-bond donors (Lipinski definition) is 0. The lowest BCUT2D eigenvalue weighted by molar-refractivity contribution is 0.0863. The van der Waals surface area contributed by atoms with Crippen molar-refractivity contribution in [1.29, 1.82) is 0 Å². The Balaban J connectivity index is 1.80. The van der Waals surface area contributed by atoms with E-state index >= 15 is 0 Å². The first-order valence-corrected chi connectivity index (χ1v) is 8.50. The summed E-state index contributed by atoms with van der Waals surface area (Å²) in [6.07, 6.45) is 2.62. The summed E-state index contributed by atoms with van der Waals surface area (Å²) in [4.78, 5) is 13.2. The van der Waals surface area contributed by atoms with E-state index in [0.29, 0.717) is 11.4 Å². The van der Waals surface area contributed by atoms with Gasteiger partial charge in [0, 0.05) is 22.0 Å². The van der Waals surface area contributed by atoms with Gasteiger partial charge >= 0.3 is 0 Å². The van der Waals surface area contributed by atoms with Gasteiger partial charge in [0.05, 0.1) is 11.4 Å². The first-order valence-electron chi connectivity index (χ1n) is 8.13. The lowest BCUT2D eigenvalue weighted by Gasteiger charge is -2.15. The van der Waals surface area contributed by atoms with Gasteiger partial charge in [-0.3, -0.25) is 9.36 Å². The fourth-order valence-corrected chi connectivity index (χ4v) is 4.06. The van der Waals surface area contributed by atoms with E-state index in [-0.39, 0.29) is 17.7 Å². The van der Waals surface area contributed by atoms with Gasteiger partial charge in [0.25, 0.3) is 0 Å². The highest BCUT2D eigenvalue weighted by Crippen LogP contribution is 2.43. The fourth-order valence-electron chi connectivity index (χ4n) is 3.93. The number of nitrogens with zero attached hydrogens (tertiary/aromatic N) is 1. The molecule has 0 saturated carbocycles. The van der Waals surface area contributed by atoms with E-state index in [9.17, 15) is 4.79 Å². The summed E-state index contributed by atoms with van der Waals surface area (Å²) >= 11 is 5.97. The minimum Gasteiger partial charge on any atom is -0.283 e. The Hall–Kier alpha value is -2.32. The van der Waals surface area contributed by atoms with E-state index in [0.717, 1.165) is 22.2 Å². The molecule has 24 heavy (non-hydrogen) atoms. The van der Waals surface area contributed by atoms with Crippen molar-refractivity contribution in [1.82, 2.24) is 4.57 Å². The number of halogens is 1. The van der Waals surface area contributed by atoms with E-state index in [4.69, 9.17) is 11.6 Å². The second-order valence-corrected chi connectivity index (χ2v) is 6.84. The Labute approximate surface area is 146 Å². The molecule has 0 amide bonds. The topological polar surface area (TPSA) is 22.0 Å². The molecule has 1 aromatic heterocycles. The molecule has 1 aliphatic rings. The summed E-state index contributed by atoms with van der Waals surface area (Å²) < 4.78 is 1.90. The normalized spacial score (nSPS) is 19.7. The quantitative estimate of drug-likeness (QED) is 0.588. The predicted octanol–water partition coefficient (Wildman–Crippen LogP) is 5.39. The van der Waals surface area contributed by atoms with Crippen LogP contribution in [0, 0.1) is 12.8 Å². The second-order valence-electron chi connectivity index (χ2n) is 6.40. The molecule has 2 nitrogen and oxygen atoms in total. The zero-order chi connectivity index (χ0) is 16.8. The monoisotopic (exact) mass is 335 g/mol. The highest BCUT2D eigenvalue weighted by atomic mass is 35.5. The maximum Gasteiger partial charge on any atom is 0.235 e. The lowest BCUT2D eigenvalue weighted by Crippen LogP contribution is -2.19. The van der Waals surface area contributed by atoms with Gasteiger partial charge in [0.2, 0.25) is 5.91 Å². The van der Waals surface area contributed by atoms with Gasteiger partial charge in [0.1, 0.15) is 0 Å². The van der Waals surface area contributed by atoms with Crippen molar-refractivity contribution in [2.75, 3.05) is 0 Å². The Morgan fingerprint density at radius 3 is 2.58 bits per heavy atom. The Kier molecular flexibility index (Phi) is 3.58. The number of benzene rings is 2.